The van der Waals surface area contributed by atoms with Gasteiger partial charge in [0.25, 0.3) is 5.56 Å². The molecule has 0 saturated carbocycles. The van der Waals surface area contributed by atoms with Crippen molar-refractivity contribution in [2.24, 2.45) is 0 Å². The molecular weight excluding hydrogens is 254 g/mol. The van der Waals surface area contributed by atoms with Gasteiger partial charge < -0.3 is 5.32 Å². The Morgan fingerprint density at radius 1 is 1.50 bits per heavy atom. The molecule has 0 saturated heterocycles. The lowest BCUT2D eigenvalue weighted by molar-refractivity contribution is 0.786. The van der Waals surface area contributed by atoms with Crippen molar-refractivity contribution in [3.05, 3.63) is 39.4 Å². The predicted octanol–water partition coefficient (Wildman–Crippen LogP) is 1.00. The summed E-state index contributed by atoms with van der Waals surface area (Å²) in [5.41, 5.74) is 3.07. The Morgan fingerprint density at radius 2 is 2.30 bits per heavy atom. The van der Waals surface area contributed by atoms with Crippen LogP contribution in [0.25, 0.3) is 11.2 Å². The lowest BCUT2D eigenvalue weighted by Crippen LogP contribution is -2.24. The van der Waals surface area contributed by atoms with Gasteiger partial charge in [-0.15, -0.1) is 0 Å². The summed E-state index contributed by atoms with van der Waals surface area (Å²) in [5, 5.41) is 15.1. The van der Waals surface area contributed by atoms with E-state index in [-0.39, 0.29) is 11.5 Å². The van der Waals surface area contributed by atoms with Gasteiger partial charge >= 0.3 is 0 Å². The summed E-state index contributed by atoms with van der Waals surface area (Å²) in [6.07, 6.45) is 3.56. The van der Waals surface area contributed by atoms with E-state index in [0.717, 1.165) is 12.1 Å². The first-order valence-electron chi connectivity index (χ1n) is 6.57. The van der Waals surface area contributed by atoms with Crippen LogP contribution in [0.3, 0.4) is 0 Å². The Hall–Kier alpha value is -2.39. The largest absolute Gasteiger partial charge is 0.309 e. The van der Waals surface area contributed by atoms with E-state index < -0.39 is 0 Å². The Bertz CT molecular complexity index is 803. The van der Waals surface area contributed by atoms with E-state index in [0.29, 0.717) is 29.0 Å². The Balaban J connectivity index is 2.39. The molecule has 3 heterocycles. The molecule has 0 amide bonds. The minimum atomic E-state index is -0.130. The van der Waals surface area contributed by atoms with Crippen LogP contribution in [0.4, 0.5) is 0 Å². The molecule has 0 atom stereocenters. The highest BCUT2D eigenvalue weighted by molar-refractivity contribution is 5.71. The third kappa shape index (κ3) is 1.75. The van der Waals surface area contributed by atoms with Crippen LogP contribution in [-0.2, 0) is 0 Å². The van der Waals surface area contributed by atoms with Crippen LogP contribution in [0, 0.1) is 11.3 Å². The van der Waals surface area contributed by atoms with E-state index in [2.05, 4.69) is 21.5 Å². The first-order chi connectivity index (χ1) is 9.63. The highest BCUT2D eigenvalue weighted by atomic mass is 16.1. The molecule has 20 heavy (non-hydrogen) atoms. The van der Waals surface area contributed by atoms with Crippen LogP contribution in [-0.4, -0.2) is 27.7 Å². The molecule has 0 aromatic carbocycles. The maximum absolute atomic E-state index is 12.6. The van der Waals surface area contributed by atoms with E-state index in [4.69, 9.17) is 5.26 Å². The number of hydrogen-bond acceptors (Lipinski definition) is 4. The number of aromatic amines is 1. The predicted molar refractivity (Wildman–Crippen MR) is 75.5 cm³/mol. The molecule has 2 aromatic rings. The molecular formula is C14H15N5O. The van der Waals surface area contributed by atoms with Crippen molar-refractivity contribution in [3.8, 4) is 6.07 Å². The average molecular weight is 269 g/mol. The van der Waals surface area contributed by atoms with Crippen molar-refractivity contribution in [1.29, 1.82) is 5.26 Å². The average Bonchev–Trinajstić information content (AvgIpc) is 3.07. The molecule has 2 aromatic heterocycles. The highest BCUT2D eigenvalue weighted by Crippen LogP contribution is 2.23. The van der Waals surface area contributed by atoms with Crippen molar-refractivity contribution < 1.29 is 0 Å². The number of rotatable bonds is 2. The van der Waals surface area contributed by atoms with E-state index >= 15 is 0 Å². The van der Waals surface area contributed by atoms with Crippen LogP contribution in [0.15, 0.2) is 17.1 Å². The maximum atomic E-state index is 12.6. The quantitative estimate of drug-likeness (QED) is 0.851. The van der Waals surface area contributed by atoms with E-state index in [1.807, 2.05) is 19.9 Å². The fourth-order valence-electron chi connectivity index (χ4n) is 2.53. The fourth-order valence-corrected chi connectivity index (χ4v) is 2.53. The molecule has 0 unspecified atom stereocenters. The van der Waals surface area contributed by atoms with Crippen LogP contribution >= 0.6 is 0 Å². The zero-order valence-electron chi connectivity index (χ0n) is 11.4. The lowest BCUT2D eigenvalue weighted by atomic mass is 9.98. The lowest BCUT2D eigenvalue weighted by Gasteiger charge is -2.12. The zero-order chi connectivity index (χ0) is 14.3. The molecule has 0 aliphatic carbocycles. The minimum Gasteiger partial charge on any atom is -0.309 e. The molecule has 6 nitrogen and oxygen atoms in total. The molecule has 0 fully saturated rings. The van der Waals surface area contributed by atoms with Crippen LogP contribution in [0.2, 0.25) is 0 Å². The Labute approximate surface area is 115 Å². The van der Waals surface area contributed by atoms with E-state index in [1.165, 1.54) is 10.7 Å². The highest BCUT2D eigenvalue weighted by Gasteiger charge is 2.21. The van der Waals surface area contributed by atoms with Crippen molar-refractivity contribution in [2.45, 2.75) is 19.8 Å². The van der Waals surface area contributed by atoms with Gasteiger partial charge in [-0.2, -0.15) is 5.26 Å². The summed E-state index contributed by atoms with van der Waals surface area (Å²) in [6, 6.07) is 2.06. The summed E-state index contributed by atoms with van der Waals surface area (Å²) in [5.74, 6) is 0.0669. The van der Waals surface area contributed by atoms with Gasteiger partial charge in [0, 0.05) is 24.8 Å². The van der Waals surface area contributed by atoms with Crippen molar-refractivity contribution in [3.63, 3.8) is 0 Å². The van der Waals surface area contributed by atoms with Crippen molar-refractivity contribution in [1.82, 2.24) is 19.9 Å². The van der Waals surface area contributed by atoms with E-state index in [9.17, 15) is 4.79 Å². The molecule has 0 spiro atoms. The Kier molecular flexibility index (Phi) is 2.92. The van der Waals surface area contributed by atoms with Gasteiger partial charge in [-0.25, -0.2) is 9.50 Å². The van der Waals surface area contributed by atoms with Crippen molar-refractivity contribution in [2.75, 3.05) is 13.1 Å². The van der Waals surface area contributed by atoms with Gasteiger partial charge in [-0.1, -0.05) is 19.9 Å². The summed E-state index contributed by atoms with van der Waals surface area (Å²) in [6.45, 7) is 5.44. The molecule has 102 valence electrons. The zero-order valence-corrected chi connectivity index (χ0v) is 11.4. The van der Waals surface area contributed by atoms with Crippen LogP contribution in [0.1, 0.15) is 36.6 Å². The first-order valence-corrected chi connectivity index (χ1v) is 6.57. The third-order valence-corrected chi connectivity index (χ3v) is 3.51. The second kappa shape index (κ2) is 4.62. The number of nitrogens with one attached hydrogen (secondary N) is 2. The summed E-state index contributed by atoms with van der Waals surface area (Å²) < 4.78 is 1.35. The van der Waals surface area contributed by atoms with Gasteiger partial charge in [-0.3, -0.25) is 9.89 Å². The number of H-pyrrole nitrogens is 1. The molecule has 1 aliphatic rings. The van der Waals surface area contributed by atoms with Crippen molar-refractivity contribution >= 4 is 11.2 Å². The topological polar surface area (TPSA) is 86.0 Å². The van der Waals surface area contributed by atoms with E-state index in [1.54, 1.807) is 0 Å². The smallest absolute Gasteiger partial charge is 0.276 e. The molecule has 6 heteroatoms. The number of nitriles is 1. The van der Waals surface area contributed by atoms with Gasteiger partial charge in [0.15, 0.2) is 5.65 Å². The van der Waals surface area contributed by atoms with Gasteiger partial charge in [0.2, 0.25) is 0 Å². The monoisotopic (exact) mass is 269 g/mol. The van der Waals surface area contributed by atoms with Gasteiger partial charge in [0.1, 0.15) is 11.6 Å². The third-order valence-electron chi connectivity index (χ3n) is 3.51. The Morgan fingerprint density at radius 3 is 2.90 bits per heavy atom. The summed E-state index contributed by atoms with van der Waals surface area (Å²) >= 11 is 0. The minimum absolute atomic E-state index is 0.0669. The van der Waals surface area contributed by atoms with Crippen LogP contribution < -0.4 is 10.9 Å². The molecule has 1 aliphatic heterocycles. The number of nitrogens with zero attached hydrogens (tertiary/aromatic N) is 3. The number of hydrogen-bond donors (Lipinski definition) is 2. The number of aromatic nitrogens is 3. The molecule has 0 radical (unpaired) electrons. The van der Waals surface area contributed by atoms with Gasteiger partial charge in [0.05, 0.1) is 5.69 Å². The maximum Gasteiger partial charge on any atom is 0.276 e. The second-order valence-electron chi connectivity index (χ2n) is 5.15. The SMILES string of the molecule is CC(C)c1c(C2=CCNC2)nc2c(C#N)c[nH]n2c1=O. The molecule has 3 rings (SSSR count). The second-order valence-corrected chi connectivity index (χ2v) is 5.15. The molecule has 2 N–H and O–H groups in total. The molecule has 0 bridgehead atoms. The standard InChI is InChI=1S/C14H15N5O/c1-8(2)11-12(9-3-4-16-6-9)18-13-10(5-15)7-17-19(13)14(11)20/h3,7-8,16-17H,4,6H2,1-2H3. The van der Waals surface area contributed by atoms with Gasteiger partial charge in [-0.05, 0) is 11.5 Å². The first kappa shape index (κ1) is 12.6. The summed E-state index contributed by atoms with van der Waals surface area (Å²) in [7, 11) is 0. The fraction of sp³-hybridized carbons (Fsp3) is 0.357. The normalized spacial score (nSPS) is 14.8. The number of fused-ring (bicyclic) bond motifs is 1. The summed E-state index contributed by atoms with van der Waals surface area (Å²) in [4.78, 5) is 17.2. The van der Waals surface area contributed by atoms with Crippen LogP contribution in [0.5, 0.6) is 0 Å².